The molecule has 0 aliphatic rings. The van der Waals surface area contributed by atoms with E-state index in [9.17, 15) is 9.28 Å². The van der Waals surface area contributed by atoms with E-state index in [0.29, 0.717) is 0 Å². The molecule has 1 unspecified atom stereocenters. The lowest BCUT2D eigenvalue weighted by Gasteiger charge is -2.31. The van der Waals surface area contributed by atoms with Gasteiger partial charge < -0.3 is 10.6 Å². The third-order valence-electron chi connectivity index (χ3n) is 2.54. The number of rotatable bonds is 5. The van der Waals surface area contributed by atoms with Crippen molar-refractivity contribution in [3.8, 4) is 0 Å². The van der Waals surface area contributed by atoms with E-state index in [4.69, 9.17) is 5.73 Å². The summed E-state index contributed by atoms with van der Waals surface area (Å²) >= 11 is 0. The smallest absolute Gasteiger partial charge is 0.315 e. The molecule has 6 heteroatoms. The van der Waals surface area contributed by atoms with E-state index in [2.05, 4.69) is 25.6 Å². The Morgan fingerprint density at radius 3 is 1.89 bits per heavy atom. The number of hydrogen-bond donors (Lipinski definition) is 1. The number of carbonyl (C=O) groups excluding carboxylic acids is 1. The zero-order valence-corrected chi connectivity index (χ0v) is 12.6. The van der Waals surface area contributed by atoms with E-state index in [-0.39, 0.29) is 11.2 Å². The van der Waals surface area contributed by atoms with E-state index in [1.54, 1.807) is 13.8 Å². The molecule has 0 rings (SSSR count). The van der Waals surface area contributed by atoms with Crippen molar-refractivity contribution in [2.75, 3.05) is 14.2 Å². The van der Waals surface area contributed by atoms with Crippen LogP contribution in [0.5, 0.6) is 0 Å². The molecule has 0 aliphatic carbocycles. The van der Waals surface area contributed by atoms with Crippen LogP contribution in [0.25, 0.3) is 0 Å². The summed E-state index contributed by atoms with van der Waals surface area (Å²) in [7, 11) is 2.60. The van der Waals surface area contributed by atoms with Gasteiger partial charge in [-0.05, 0) is 11.8 Å². The van der Waals surface area contributed by atoms with Gasteiger partial charge in [-0.3, -0.25) is 4.84 Å². The summed E-state index contributed by atoms with van der Waals surface area (Å²) < 4.78 is 13.0. The maximum atomic E-state index is 13.0. The van der Waals surface area contributed by atoms with E-state index >= 15 is 0 Å². The van der Waals surface area contributed by atoms with E-state index < -0.39 is 12.2 Å². The van der Waals surface area contributed by atoms with Crippen molar-refractivity contribution in [3.05, 3.63) is 0 Å². The highest BCUT2D eigenvalue weighted by Crippen LogP contribution is 2.14. The first kappa shape index (κ1) is 19.5. The molecule has 0 aromatic heterocycles. The van der Waals surface area contributed by atoms with Crippen molar-refractivity contribution in [1.82, 2.24) is 10.2 Å². The summed E-state index contributed by atoms with van der Waals surface area (Å²) in [5, 5.41) is 0.107. The molecule has 0 aromatic rings. The lowest BCUT2D eigenvalue weighted by Crippen LogP contribution is -2.50. The zero-order valence-electron chi connectivity index (χ0n) is 12.6. The number of nitrogens with two attached hydrogens (primary N) is 1. The molecule has 5 nitrogen and oxygen atoms in total. The van der Waals surface area contributed by atoms with Crippen LogP contribution in [0.2, 0.25) is 0 Å². The van der Waals surface area contributed by atoms with Gasteiger partial charge in [0.25, 0.3) is 0 Å². The normalized spacial score (nSPS) is 12.4. The summed E-state index contributed by atoms with van der Waals surface area (Å²) in [5.41, 5.74) is 5.01. The first-order valence-corrected chi connectivity index (χ1v) is 6.20. The molecule has 0 radical (unpaired) electrons. The van der Waals surface area contributed by atoms with Crippen LogP contribution in [-0.4, -0.2) is 36.5 Å². The van der Waals surface area contributed by atoms with Crippen molar-refractivity contribution < 1.29 is 14.1 Å². The lowest BCUT2D eigenvalue weighted by atomic mass is 10.1. The van der Waals surface area contributed by atoms with Gasteiger partial charge >= 0.3 is 6.03 Å². The highest BCUT2D eigenvalue weighted by atomic mass is 19.2. The first-order valence-electron chi connectivity index (χ1n) is 6.20. The molecular formula is C12H28FN3O2. The summed E-state index contributed by atoms with van der Waals surface area (Å²) in [6.07, 6.45) is 0.502. The summed E-state index contributed by atoms with van der Waals surface area (Å²) in [4.78, 5) is 16.2. The number of urea groups is 1. The maximum Gasteiger partial charge on any atom is 0.315 e. The number of nitrogens with zero attached hydrogens (tertiary/aromatic N) is 2. The fourth-order valence-electron chi connectivity index (χ4n) is 1.06. The minimum absolute atomic E-state index is 0.107. The quantitative estimate of drug-likeness (QED) is 0.472. The Balaban J connectivity index is 0. The molecule has 0 bridgehead atoms. The minimum atomic E-state index is -0.803. The van der Waals surface area contributed by atoms with Crippen LogP contribution in [-0.2, 0) is 4.84 Å². The Morgan fingerprint density at radius 2 is 1.72 bits per heavy atom. The van der Waals surface area contributed by atoms with Crippen LogP contribution in [0.3, 0.4) is 0 Å². The Morgan fingerprint density at radius 1 is 1.33 bits per heavy atom. The SMILES string of the molecule is CCC(C)C.CON(F)C(C(C)C)N(C)C(N)=O. The standard InChI is InChI=1S/C7H16FN3O2.C5H12/c1-5(2)6(11(8)13-4)10(3)7(9)12;1-4-5(2)3/h5-6H,1-4H3,(H2,9,12);5H,4H2,1-3H3. The molecular weight excluding hydrogens is 237 g/mol. The third-order valence-corrected chi connectivity index (χ3v) is 2.54. The Bertz CT molecular complexity index is 225. The molecule has 2 N–H and O–H groups in total. The van der Waals surface area contributed by atoms with Crippen molar-refractivity contribution in [1.29, 1.82) is 0 Å². The molecule has 110 valence electrons. The van der Waals surface area contributed by atoms with Crippen molar-refractivity contribution >= 4 is 6.03 Å². The average Bonchev–Trinajstić information content (AvgIpc) is 2.28. The predicted molar refractivity (Wildman–Crippen MR) is 71.1 cm³/mol. The van der Waals surface area contributed by atoms with Crippen molar-refractivity contribution in [2.24, 2.45) is 17.6 Å². The summed E-state index contributed by atoms with van der Waals surface area (Å²) in [6.45, 7) is 10.2. The second-order valence-electron chi connectivity index (χ2n) is 4.86. The van der Waals surface area contributed by atoms with Crippen molar-refractivity contribution in [3.63, 3.8) is 0 Å². The molecule has 0 spiro atoms. The average molecular weight is 265 g/mol. The molecule has 0 saturated heterocycles. The largest absolute Gasteiger partial charge is 0.351 e. The van der Waals surface area contributed by atoms with Gasteiger partial charge in [0.15, 0.2) is 0 Å². The predicted octanol–water partition coefficient (Wildman–Crippen LogP) is 2.78. The zero-order chi connectivity index (χ0) is 14.9. The molecule has 2 amide bonds. The molecule has 0 heterocycles. The van der Waals surface area contributed by atoms with E-state index in [1.807, 2.05) is 0 Å². The van der Waals surface area contributed by atoms with Crippen LogP contribution in [0.1, 0.15) is 41.0 Å². The topological polar surface area (TPSA) is 58.8 Å². The fourth-order valence-corrected chi connectivity index (χ4v) is 1.06. The number of hydroxylamine groups is 1. The van der Waals surface area contributed by atoms with Gasteiger partial charge in [0.1, 0.15) is 6.17 Å². The number of amides is 2. The Labute approximate surface area is 110 Å². The van der Waals surface area contributed by atoms with Crippen LogP contribution in [0.4, 0.5) is 9.28 Å². The molecule has 18 heavy (non-hydrogen) atoms. The fraction of sp³-hybridized carbons (Fsp3) is 0.917. The van der Waals surface area contributed by atoms with Crippen LogP contribution < -0.4 is 5.73 Å². The van der Waals surface area contributed by atoms with Gasteiger partial charge in [-0.15, -0.1) is 4.48 Å². The van der Waals surface area contributed by atoms with E-state index in [0.717, 1.165) is 10.8 Å². The van der Waals surface area contributed by atoms with Gasteiger partial charge in [0.2, 0.25) is 0 Å². The van der Waals surface area contributed by atoms with Gasteiger partial charge in [-0.2, -0.15) is 0 Å². The molecule has 1 atom stereocenters. The third kappa shape index (κ3) is 8.25. The summed E-state index contributed by atoms with van der Waals surface area (Å²) in [6, 6.07) is -0.696. The van der Waals surface area contributed by atoms with Gasteiger partial charge in [-0.1, -0.05) is 41.0 Å². The highest BCUT2D eigenvalue weighted by molar-refractivity contribution is 5.71. The highest BCUT2D eigenvalue weighted by Gasteiger charge is 2.28. The summed E-state index contributed by atoms with van der Waals surface area (Å²) in [5.74, 6) is 0.762. The Hall–Kier alpha value is -0.880. The molecule has 0 saturated carbocycles. The molecule has 0 fully saturated rings. The number of halogens is 1. The van der Waals surface area contributed by atoms with Crippen LogP contribution in [0, 0.1) is 11.8 Å². The van der Waals surface area contributed by atoms with Crippen LogP contribution in [0.15, 0.2) is 0 Å². The number of primary amides is 1. The molecule has 0 aromatic carbocycles. The first-order chi connectivity index (χ1) is 8.18. The minimum Gasteiger partial charge on any atom is -0.351 e. The van der Waals surface area contributed by atoms with Gasteiger partial charge in [0, 0.05) is 12.3 Å². The second-order valence-corrected chi connectivity index (χ2v) is 4.86. The van der Waals surface area contributed by atoms with Crippen molar-refractivity contribution in [2.45, 2.75) is 47.2 Å². The maximum absolute atomic E-state index is 13.0. The monoisotopic (exact) mass is 265 g/mol. The van der Waals surface area contributed by atoms with Gasteiger partial charge in [-0.25, -0.2) is 4.79 Å². The second kappa shape index (κ2) is 10.1. The number of carbonyl (C=O) groups is 1. The lowest BCUT2D eigenvalue weighted by molar-refractivity contribution is -0.314. The van der Waals surface area contributed by atoms with Crippen LogP contribution >= 0.6 is 0 Å². The van der Waals surface area contributed by atoms with Gasteiger partial charge in [0.05, 0.1) is 7.11 Å². The molecule has 0 aliphatic heterocycles. The number of hydrogen-bond acceptors (Lipinski definition) is 3. The van der Waals surface area contributed by atoms with E-state index in [1.165, 1.54) is 20.6 Å². The Kier molecular flexibility index (Phi) is 10.9.